The molecule has 1 saturated carbocycles. The molecule has 84 valence electrons. The minimum atomic E-state index is -4.18. The fourth-order valence-electron chi connectivity index (χ4n) is 2.15. The van der Waals surface area contributed by atoms with Crippen molar-refractivity contribution in [3.63, 3.8) is 0 Å². The summed E-state index contributed by atoms with van der Waals surface area (Å²) in [5, 5.41) is 17.3. The quantitative estimate of drug-likeness (QED) is 0.576. The third-order valence-corrected chi connectivity index (χ3v) is 4.52. The second kappa shape index (κ2) is 4.14. The zero-order valence-corrected chi connectivity index (χ0v) is 8.70. The van der Waals surface area contributed by atoms with Crippen molar-refractivity contribution in [2.75, 3.05) is 13.2 Å². The van der Waals surface area contributed by atoms with Crippen molar-refractivity contribution in [1.29, 1.82) is 0 Å². The zero-order valence-electron chi connectivity index (χ0n) is 7.89. The van der Waals surface area contributed by atoms with Gasteiger partial charge >= 0.3 is 0 Å². The van der Waals surface area contributed by atoms with Crippen LogP contribution >= 0.6 is 0 Å². The summed E-state index contributed by atoms with van der Waals surface area (Å²) in [6.07, 6.45) is 2.21. The maximum absolute atomic E-state index is 11.1. The van der Waals surface area contributed by atoms with Crippen LogP contribution in [0.5, 0.6) is 0 Å². The first-order chi connectivity index (χ1) is 6.46. The van der Waals surface area contributed by atoms with Gasteiger partial charge in [0.2, 0.25) is 0 Å². The van der Waals surface area contributed by atoms with E-state index in [4.69, 9.17) is 14.8 Å². The van der Waals surface area contributed by atoms with Gasteiger partial charge in [-0.05, 0) is 12.8 Å². The van der Waals surface area contributed by atoms with Crippen molar-refractivity contribution in [1.82, 2.24) is 0 Å². The van der Waals surface area contributed by atoms with Crippen LogP contribution in [0.2, 0.25) is 0 Å². The minimum absolute atomic E-state index is 0.306. The van der Waals surface area contributed by atoms with E-state index in [2.05, 4.69) is 0 Å². The lowest BCUT2D eigenvalue weighted by Gasteiger charge is -2.39. The van der Waals surface area contributed by atoms with E-state index in [1.54, 1.807) is 0 Å². The van der Waals surface area contributed by atoms with Crippen LogP contribution in [0.3, 0.4) is 0 Å². The fourth-order valence-corrected chi connectivity index (χ4v) is 3.51. The van der Waals surface area contributed by atoms with Gasteiger partial charge in [0.1, 0.15) is 0 Å². The van der Waals surface area contributed by atoms with Gasteiger partial charge in [0.25, 0.3) is 10.1 Å². The third-order valence-electron chi connectivity index (χ3n) is 3.06. The van der Waals surface area contributed by atoms with E-state index in [0.29, 0.717) is 19.3 Å². The summed E-state index contributed by atoms with van der Waals surface area (Å²) in [5.41, 5.74) is -1.06. The van der Waals surface area contributed by atoms with E-state index in [1.165, 1.54) is 0 Å². The van der Waals surface area contributed by atoms with Gasteiger partial charge in [-0.3, -0.25) is 4.55 Å². The highest BCUT2D eigenvalue weighted by molar-refractivity contribution is 7.86. The zero-order chi connectivity index (χ0) is 10.8. The molecule has 0 radical (unpaired) electrons. The summed E-state index contributed by atoms with van der Waals surface area (Å²) >= 11 is 0. The molecule has 1 aliphatic rings. The highest BCUT2D eigenvalue weighted by Crippen LogP contribution is 2.39. The molecule has 0 aliphatic heterocycles. The van der Waals surface area contributed by atoms with Crippen LogP contribution in [-0.4, -0.2) is 41.6 Å². The molecule has 0 aromatic heterocycles. The van der Waals surface area contributed by atoms with E-state index in [9.17, 15) is 8.42 Å². The maximum Gasteiger partial charge on any atom is 0.268 e. The van der Waals surface area contributed by atoms with Crippen molar-refractivity contribution in [2.45, 2.75) is 30.9 Å². The van der Waals surface area contributed by atoms with Gasteiger partial charge in [-0.15, -0.1) is 0 Å². The van der Waals surface area contributed by atoms with E-state index in [0.717, 1.165) is 6.42 Å². The molecule has 0 amide bonds. The van der Waals surface area contributed by atoms with E-state index in [-0.39, 0.29) is 0 Å². The smallest absolute Gasteiger partial charge is 0.268 e. The molecule has 0 heterocycles. The average molecular weight is 224 g/mol. The van der Waals surface area contributed by atoms with Crippen molar-refractivity contribution >= 4 is 10.1 Å². The largest absolute Gasteiger partial charge is 0.396 e. The molecule has 1 atom stereocenters. The van der Waals surface area contributed by atoms with E-state index < -0.39 is 34.0 Å². The van der Waals surface area contributed by atoms with Crippen LogP contribution in [0.4, 0.5) is 0 Å². The molecule has 6 heteroatoms. The summed E-state index contributed by atoms with van der Waals surface area (Å²) in [7, 11) is -4.18. The number of aliphatic hydroxyl groups excluding tert-OH is 2. The van der Waals surface area contributed by atoms with Gasteiger partial charge in [-0.2, -0.15) is 8.42 Å². The summed E-state index contributed by atoms with van der Waals surface area (Å²) < 4.78 is 31.1. The summed E-state index contributed by atoms with van der Waals surface area (Å²) in [6.45, 7) is -0.818. The van der Waals surface area contributed by atoms with Crippen LogP contribution < -0.4 is 0 Å². The average Bonchev–Trinajstić information content (AvgIpc) is 2.16. The molecule has 0 aromatic rings. The highest BCUT2D eigenvalue weighted by Gasteiger charge is 2.46. The molecule has 1 rings (SSSR count). The Morgan fingerprint density at radius 3 is 2.14 bits per heavy atom. The van der Waals surface area contributed by atoms with Gasteiger partial charge < -0.3 is 10.2 Å². The summed E-state index contributed by atoms with van der Waals surface area (Å²) in [6, 6.07) is 0. The van der Waals surface area contributed by atoms with Crippen molar-refractivity contribution in [2.24, 2.45) is 5.41 Å². The molecule has 3 N–H and O–H groups in total. The standard InChI is InChI=1S/C8H16O5S/c9-5-8(6-10)4-2-1-3-7(8)14(11,12)13/h7,9-10H,1-6H2,(H,11,12,13). The van der Waals surface area contributed by atoms with Gasteiger partial charge in [-0.25, -0.2) is 0 Å². The Kier molecular flexibility index (Phi) is 3.52. The molecule has 0 spiro atoms. The van der Waals surface area contributed by atoms with E-state index >= 15 is 0 Å². The van der Waals surface area contributed by atoms with Gasteiger partial charge in [-0.1, -0.05) is 12.8 Å². The first kappa shape index (κ1) is 11.9. The van der Waals surface area contributed by atoms with Crippen molar-refractivity contribution < 1.29 is 23.2 Å². The number of hydrogen-bond donors (Lipinski definition) is 3. The second-order valence-corrected chi connectivity index (χ2v) is 5.53. The fraction of sp³-hybridized carbons (Fsp3) is 1.00. The molecular weight excluding hydrogens is 208 g/mol. The van der Waals surface area contributed by atoms with Crippen LogP contribution in [-0.2, 0) is 10.1 Å². The predicted molar refractivity (Wildman–Crippen MR) is 50.4 cm³/mol. The molecular formula is C8H16O5S. The van der Waals surface area contributed by atoms with E-state index in [1.807, 2.05) is 0 Å². The Bertz CT molecular complexity index is 280. The minimum Gasteiger partial charge on any atom is -0.396 e. The molecule has 5 nitrogen and oxygen atoms in total. The first-order valence-electron chi connectivity index (χ1n) is 4.64. The molecule has 14 heavy (non-hydrogen) atoms. The third kappa shape index (κ3) is 2.08. The lowest BCUT2D eigenvalue weighted by atomic mass is 9.75. The van der Waals surface area contributed by atoms with Gasteiger partial charge in [0, 0.05) is 5.41 Å². The van der Waals surface area contributed by atoms with Crippen molar-refractivity contribution in [3.05, 3.63) is 0 Å². The first-order valence-corrected chi connectivity index (χ1v) is 6.14. The Hall–Kier alpha value is -0.170. The number of aliphatic hydroxyl groups is 2. The topological polar surface area (TPSA) is 94.8 Å². The number of hydrogen-bond acceptors (Lipinski definition) is 4. The highest BCUT2D eigenvalue weighted by atomic mass is 32.2. The molecule has 0 saturated heterocycles. The Morgan fingerprint density at radius 1 is 1.21 bits per heavy atom. The summed E-state index contributed by atoms with van der Waals surface area (Å²) in [4.78, 5) is 0. The van der Waals surface area contributed by atoms with Crippen LogP contribution in [0, 0.1) is 5.41 Å². The molecule has 1 fully saturated rings. The van der Waals surface area contributed by atoms with Gasteiger partial charge in [0.05, 0.1) is 18.5 Å². The van der Waals surface area contributed by atoms with Crippen LogP contribution in [0.25, 0.3) is 0 Å². The Balaban J connectivity index is 2.99. The maximum atomic E-state index is 11.1. The van der Waals surface area contributed by atoms with Crippen LogP contribution in [0.1, 0.15) is 25.7 Å². The lowest BCUT2D eigenvalue weighted by Crippen LogP contribution is -2.48. The van der Waals surface area contributed by atoms with Crippen LogP contribution in [0.15, 0.2) is 0 Å². The summed E-state index contributed by atoms with van der Waals surface area (Å²) in [5.74, 6) is 0. The second-order valence-electron chi connectivity index (χ2n) is 3.93. The Morgan fingerprint density at radius 2 is 1.79 bits per heavy atom. The Labute approximate surface area is 83.5 Å². The lowest BCUT2D eigenvalue weighted by molar-refractivity contribution is 0.0246. The normalized spacial score (nSPS) is 27.5. The molecule has 0 bridgehead atoms. The molecule has 1 unspecified atom stereocenters. The van der Waals surface area contributed by atoms with Gasteiger partial charge in [0.15, 0.2) is 0 Å². The monoisotopic (exact) mass is 224 g/mol. The molecule has 1 aliphatic carbocycles. The molecule has 0 aromatic carbocycles. The predicted octanol–water partition coefficient (Wildman–Crippen LogP) is -0.212. The SMILES string of the molecule is O=S(=O)(O)C1CCCCC1(CO)CO. The number of rotatable bonds is 3. The van der Waals surface area contributed by atoms with Crippen molar-refractivity contribution in [3.8, 4) is 0 Å².